The molecule has 0 spiro atoms. The molecular weight excluding hydrogens is 324 g/mol. The predicted molar refractivity (Wildman–Crippen MR) is 92.4 cm³/mol. The van der Waals surface area contributed by atoms with E-state index in [4.69, 9.17) is 4.74 Å². The van der Waals surface area contributed by atoms with Gasteiger partial charge in [0.1, 0.15) is 6.10 Å². The van der Waals surface area contributed by atoms with Crippen molar-refractivity contribution in [3.63, 3.8) is 0 Å². The molecule has 6 nitrogen and oxygen atoms in total. The van der Waals surface area contributed by atoms with Crippen LogP contribution >= 0.6 is 11.3 Å². The van der Waals surface area contributed by atoms with Gasteiger partial charge in [0.25, 0.3) is 0 Å². The lowest BCUT2D eigenvalue weighted by atomic mass is 10.00. The van der Waals surface area contributed by atoms with Crippen LogP contribution in [-0.4, -0.2) is 39.1 Å². The first-order valence-corrected chi connectivity index (χ1v) is 9.10. The molecule has 4 rings (SSSR count). The molecule has 2 bridgehead atoms. The van der Waals surface area contributed by atoms with Gasteiger partial charge in [-0.1, -0.05) is 6.07 Å². The molecule has 2 aromatic rings. The lowest BCUT2D eigenvalue weighted by Gasteiger charge is -2.38. The van der Waals surface area contributed by atoms with E-state index in [-0.39, 0.29) is 24.2 Å². The summed E-state index contributed by atoms with van der Waals surface area (Å²) in [6.07, 6.45) is 7.44. The number of ether oxygens (including phenoxy) is 1. The third-order valence-electron chi connectivity index (χ3n) is 4.68. The van der Waals surface area contributed by atoms with Crippen molar-refractivity contribution in [3.8, 4) is 5.88 Å². The Hall–Kier alpha value is -2.15. The van der Waals surface area contributed by atoms with Crippen LogP contribution < -0.4 is 10.1 Å². The Morgan fingerprint density at radius 3 is 2.71 bits per heavy atom. The van der Waals surface area contributed by atoms with E-state index in [9.17, 15) is 4.79 Å². The van der Waals surface area contributed by atoms with Gasteiger partial charge in [-0.3, -0.25) is 5.32 Å². The summed E-state index contributed by atoms with van der Waals surface area (Å²) in [5.41, 5.74) is 0. The minimum absolute atomic E-state index is 0.0341. The van der Waals surface area contributed by atoms with Gasteiger partial charge in [0, 0.05) is 48.3 Å². The number of urea groups is 1. The third-order valence-corrected chi connectivity index (χ3v) is 5.51. The Morgan fingerprint density at radius 1 is 1.29 bits per heavy atom. The number of carbonyl (C=O) groups is 1. The summed E-state index contributed by atoms with van der Waals surface area (Å²) in [4.78, 5) is 24.2. The van der Waals surface area contributed by atoms with Gasteiger partial charge in [0.2, 0.25) is 5.88 Å². The number of aromatic nitrogens is 2. The molecule has 24 heavy (non-hydrogen) atoms. The van der Waals surface area contributed by atoms with Gasteiger partial charge in [-0.05, 0) is 25.8 Å². The van der Waals surface area contributed by atoms with Crippen molar-refractivity contribution in [3.05, 3.63) is 35.5 Å². The quantitative estimate of drug-likeness (QED) is 0.926. The molecule has 126 valence electrons. The zero-order valence-corrected chi connectivity index (χ0v) is 14.3. The van der Waals surface area contributed by atoms with Crippen LogP contribution in [0.2, 0.25) is 0 Å². The minimum atomic E-state index is -0.0341. The van der Waals surface area contributed by atoms with Gasteiger partial charge < -0.3 is 9.64 Å². The molecular formula is C17H20N4O2S. The van der Waals surface area contributed by atoms with Gasteiger partial charge in [0.15, 0.2) is 5.13 Å². The molecule has 0 aromatic carbocycles. The lowest BCUT2D eigenvalue weighted by Crippen LogP contribution is -2.50. The van der Waals surface area contributed by atoms with Crippen molar-refractivity contribution >= 4 is 22.5 Å². The zero-order chi connectivity index (χ0) is 16.5. The Bertz CT molecular complexity index is 706. The van der Waals surface area contributed by atoms with Crippen LogP contribution in [0.5, 0.6) is 5.88 Å². The summed E-state index contributed by atoms with van der Waals surface area (Å²) < 4.78 is 6.01. The van der Waals surface area contributed by atoms with Crippen molar-refractivity contribution in [2.24, 2.45) is 0 Å². The van der Waals surface area contributed by atoms with E-state index in [0.29, 0.717) is 11.0 Å². The molecule has 1 N–H and O–H groups in total. The van der Waals surface area contributed by atoms with Crippen LogP contribution in [0.1, 0.15) is 30.6 Å². The van der Waals surface area contributed by atoms with Gasteiger partial charge in [-0.15, -0.1) is 11.3 Å². The molecule has 2 aliphatic heterocycles. The first-order valence-electron chi connectivity index (χ1n) is 8.28. The van der Waals surface area contributed by atoms with Crippen molar-refractivity contribution < 1.29 is 9.53 Å². The third kappa shape index (κ3) is 3.08. The fraction of sp³-hybridized carbons (Fsp3) is 0.471. The fourth-order valence-corrected chi connectivity index (χ4v) is 4.37. The summed E-state index contributed by atoms with van der Waals surface area (Å²) in [6, 6.07) is 6.12. The molecule has 0 unspecified atom stereocenters. The number of nitrogens with one attached hydrogen (secondary N) is 1. The van der Waals surface area contributed by atoms with Crippen LogP contribution in [-0.2, 0) is 0 Å². The van der Waals surface area contributed by atoms with E-state index in [2.05, 4.69) is 15.3 Å². The SMILES string of the molecule is Cc1cnc(NC(=O)N2[C@H]3CC[C@H]2CC(Oc2ccccn2)C3)s1. The van der Waals surface area contributed by atoms with Crippen LogP contribution in [0.25, 0.3) is 0 Å². The van der Waals surface area contributed by atoms with Gasteiger partial charge in [0.05, 0.1) is 0 Å². The molecule has 0 saturated carbocycles. The number of pyridine rings is 1. The summed E-state index contributed by atoms with van der Waals surface area (Å²) in [6.45, 7) is 1.98. The normalized spacial score (nSPS) is 25.5. The second kappa shape index (κ2) is 6.39. The highest BCUT2D eigenvalue weighted by Crippen LogP contribution is 2.37. The number of hydrogen-bond donors (Lipinski definition) is 1. The van der Waals surface area contributed by atoms with E-state index < -0.39 is 0 Å². The number of fused-ring (bicyclic) bond motifs is 2. The number of aryl methyl sites for hydroxylation is 1. The number of anilines is 1. The van der Waals surface area contributed by atoms with Gasteiger partial charge >= 0.3 is 6.03 Å². The average molecular weight is 344 g/mol. The highest BCUT2D eigenvalue weighted by molar-refractivity contribution is 7.15. The summed E-state index contributed by atoms with van der Waals surface area (Å²) in [7, 11) is 0. The van der Waals surface area contributed by atoms with Crippen molar-refractivity contribution in [2.75, 3.05) is 5.32 Å². The predicted octanol–water partition coefficient (Wildman–Crippen LogP) is 3.45. The van der Waals surface area contributed by atoms with E-state index >= 15 is 0 Å². The van der Waals surface area contributed by atoms with Crippen molar-refractivity contribution in [1.29, 1.82) is 0 Å². The maximum Gasteiger partial charge on any atom is 0.324 e. The average Bonchev–Trinajstić information content (AvgIpc) is 3.09. The second-order valence-electron chi connectivity index (χ2n) is 6.38. The van der Waals surface area contributed by atoms with Crippen molar-refractivity contribution in [2.45, 2.75) is 50.8 Å². The Morgan fingerprint density at radius 2 is 2.08 bits per heavy atom. The molecule has 2 aliphatic rings. The maximum atomic E-state index is 12.6. The van der Waals surface area contributed by atoms with Gasteiger partial charge in [-0.25, -0.2) is 14.8 Å². The molecule has 2 amide bonds. The first-order chi connectivity index (χ1) is 11.7. The smallest absolute Gasteiger partial charge is 0.324 e. The molecule has 2 aromatic heterocycles. The van der Waals surface area contributed by atoms with Crippen LogP contribution in [0.15, 0.2) is 30.6 Å². The number of rotatable bonds is 3. The van der Waals surface area contributed by atoms with Gasteiger partial charge in [-0.2, -0.15) is 0 Å². The maximum absolute atomic E-state index is 12.6. The summed E-state index contributed by atoms with van der Waals surface area (Å²) in [5, 5.41) is 3.61. The number of piperidine rings is 1. The standard InChI is InChI=1S/C17H20N4O2S/c1-11-10-19-16(24-11)20-17(22)21-12-5-6-13(21)9-14(8-12)23-15-4-2-3-7-18-15/h2-4,7,10,12-14H,5-6,8-9H2,1H3,(H,19,20,22)/t12-,13-/m0/s1. The molecule has 2 fully saturated rings. The number of hydrogen-bond acceptors (Lipinski definition) is 5. The van der Waals surface area contributed by atoms with Crippen LogP contribution in [0, 0.1) is 6.92 Å². The number of amides is 2. The largest absolute Gasteiger partial charge is 0.474 e. The molecule has 2 atom stereocenters. The highest BCUT2D eigenvalue weighted by Gasteiger charge is 2.44. The molecule has 4 heterocycles. The zero-order valence-electron chi connectivity index (χ0n) is 13.5. The molecule has 0 radical (unpaired) electrons. The molecule has 2 saturated heterocycles. The van der Waals surface area contributed by atoms with Crippen LogP contribution in [0.3, 0.4) is 0 Å². The topological polar surface area (TPSA) is 67.4 Å². The fourth-order valence-electron chi connectivity index (χ4n) is 3.71. The lowest BCUT2D eigenvalue weighted by molar-refractivity contribution is 0.0704. The minimum Gasteiger partial charge on any atom is -0.474 e. The first kappa shape index (κ1) is 15.4. The van der Waals surface area contributed by atoms with E-state index in [1.54, 1.807) is 12.4 Å². The second-order valence-corrected chi connectivity index (χ2v) is 7.61. The Labute approximate surface area is 144 Å². The van der Waals surface area contributed by atoms with E-state index in [0.717, 1.165) is 30.6 Å². The molecule has 0 aliphatic carbocycles. The highest BCUT2D eigenvalue weighted by atomic mass is 32.1. The Kier molecular flexibility index (Phi) is 4.10. The number of thiazole rings is 1. The number of nitrogens with zero attached hydrogens (tertiary/aromatic N) is 3. The van der Waals surface area contributed by atoms with E-state index in [1.807, 2.05) is 30.0 Å². The van der Waals surface area contributed by atoms with Crippen LogP contribution in [0.4, 0.5) is 9.93 Å². The number of carbonyl (C=O) groups excluding carboxylic acids is 1. The van der Waals surface area contributed by atoms with E-state index in [1.165, 1.54) is 11.3 Å². The monoisotopic (exact) mass is 344 g/mol. The molecule has 7 heteroatoms. The summed E-state index contributed by atoms with van der Waals surface area (Å²) in [5.74, 6) is 0.665. The van der Waals surface area contributed by atoms with Crippen molar-refractivity contribution in [1.82, 2.24) is 14.9 Å². The Balaban J connectivity index is 1.40. The summed E-state index contributed by atoms with van der Waals surface area (Å²) >= 11 is 1.50.